The molecule has 0 unspecified atom stereocenters. The van der Waals surface area contributed by atoms with Gasteiger partial charge in [-0.05, 0) is 79.0 Å². The van der Waals surface area contributed by atoms with Crippen LogP contribution < -0.4 is 10.2 Å². The van der Waals surface area contributed by atoms with E-state index in [2.05, 4.69) is 34.3 Å². The molecule has 3 aromatic rings. The predicted octanol–water partition coefficient (Wildman–Crippen LogP) is 4.42. The highest BCUT2D eigenvalue weighted by atomic mass is 19.4. The zero-order valence-electron chi connectivity index (χ0n) is 24.3. The number of fused-ring (bicyclic) bond motifs is 1. The van der Waals surface area contributed by atoms with Gasteiger partial charge in [-0.2, -0.15) is 13.2 Å². The van der Waals surface area contributed by atoms with Gasteiger partial charge < -0.3 is 14.8 Å². The van der Waals surface area contributed by atoms with Gasteiger partial charge in [0.2, 0.25) is 0 Å². The van der Waals surface area contributed by atoms with E-state index in [1.807, 2.05) is 34.7 Å². The lowest BCUT2D eigenvalue weighted by Crippen LogP contribution is -2.43. The van der Waals surface area contributed by atoms with Gasteiger partial charge in [-0.3, -0.25) is 14.5 Å². The Bertz CT molecular complexity index is 1650. The molecule has 1 saturated carbocycles. The molecule has 2 amide bonds. The molecule has 1 aromatic heterocycles. The van der Waals surface area contributed by atoms with Crippen LogP contribution in [0.4, 0.5) is 18.9 Å². The first-order valence-electron chi connectivity index (χ1n) is 14.4. The van der Waals surface area contributed by atoms with E-state index in [1.54, 1.807) is 25.4 Å². The van der Waals surface area contributed by atoms with Crippen molar-refractivity contribution in [2.45, 2.75) is 63.8 Å². The number of alkyl halides is 3. The maximum Gasteiger partial charge on any atom is 0.416 e. The number of nitrogens with zero attached hydrogens (tertiary/aromatic N) is 5. The minimum absolute atomic E-state index is 0.00312. The Balaban J connectivity index is 1.28. The third-order valence-corrected chi connectivity index (χ3v) is 8.90. The number of likely N-dealkylation sites (tertiary alicyclic amines) is 1. The number of carbonyl (C=O) groups excluding carboxylic acids is 2. The van der Waals surface area contributed by atoms with Gasteiger partial charge in [0.15, 0.2) is 0 Å². The van der Waals surface area contributed by atoms with Crippen molar-refractivity contribution in [3.8, 4) is 11.8 Å². The molecular weight excluding hydrogens is 557 g/mol. The quantitative estimate of drug-likeness (QED) is 0.430. The smallest absolute Gasteiger partial charge is 0.341 e. The summed E-state index contributed by atoms with van der Waals surface area (Å²) >= 11 is 0. The second kappa shape index (κ2) is 10.8. The lowest BCUT2D eigenvalue weighted by atomic mass is 9.58. The summed E-state index contributed by atoms with van der Waals surface area (Å²) in [6.07, 6.45) is -0.542. The summed E-state index contributed by atoms with van der Waals surface area (Å²) in [4.78, 5) is 29.0. The summed E-state index contributed by atoms with van der Waals surface area (Å²) in [7, 11) is 1.90. The van der Waals surface area contributed by atoms with Crippen LogP contribution in [0.1, 0.15) is 71.5 Å². The van der Waals surface area contributed by atoms with Crippen molar-refractivity contribution in [3.63, 3.8) is 0 Å². The monoisotopic (exact) mass is 590 g/mol. The predicted molar refractivity (Wildman–Crippen MR) is 154 cm³/mol. The van der Waals surface area contributed by atoms with E-state index in [4.69, 9.17) is 0 Å². The Kier molecular flexibility index (Phi) is 7.29. The molecule has 1 aliphatic carbocycles. The lowest BCUT2D eigenvalue weighted by molar-refractivity contribution is -0.138. The average Bonchev–Trinajstić information content (AvgIpc) is 3.65. The number of hydrogen-bond acceptors (Lipinski definition) is 5. The van der Waals surface area contributed by atoms with Crippen LogP contribution in [0, 0.1) is 17.8 Å². The lowest BCUT2D eigenvalue weighted by Gasteiger charge is -2.46. The number of aromatic nitrogens is 3. The summed E-state index contributed by atoms with van der Waals surface area (Å²) in [5.41, 5.74) is 0.881. The van der Waals surface area contributed by atoms with Gasteiger partial charge in [-0.1, -0.05) is 25.0 Å². The van der Waals surface area contributed by atoms with Gasteiger partial charge in [0, 0.05) is 44.0 Å². The molecule has 43 heavy (non-hydrogen) atoms. The normalized spacial score (nSPS) is 23.5. The Hall–Kier alpha value is -4.17. The SMILES string of the molecule is CC#CC(=O)N[C@H]1CCN(Cc2cc3c(c(C(F)(F)F)c2)CN(c2cccc(C4(c5nncn5C)CC(C)C4)c2)C3=O)C1. The molecule has 2 fully saturated rings. The fraction of sp³-hybridized carbons (Fsp3) is 0.438. The Morgan fingerprint density at radius 1 is 1.21 bits per heavy atom. The van der Waals surface area contributed by atoms with Crippen molar-refractivity contribution in [2.75, 3.05) is 18.0 Å². The van der Waals surface area contributed by atoms with Crippen molar-refractivity contribution in [3.05, 3.63) is 76.4 Å². The van der Waals surface area contributed by atoms with Crippen LogP contribution in [0.2, 0.25) is 0 Å². The van der Waals surface area contributed by atoms with Crippen LogP contribution in [0.15, 0.2) is 42.7 Å². The van der Waals surface area contributed by atoms with Crippen LogP contribution in [0.5, 0.6) is 0 Å². The highest BCUT2D eigenvalue weighted by Crippen LogP contribution is 2.52. The summed E-state index contributed by atoms with van der Waals surface area (Å²) in [5.74, 6) is 5.52. The summed E-state index contributed by atoms with van der Waals surface area (Å²) in [5, 5.41) is 11.3. The zero-order chi connectivity index (χ0) is 30.5. The van der Waals surface area contributed by atoms with E-state index in [1.165, 1.54) is 11.0 Å². The highest BCUT2D eigenvalue weighted by molar-refractivity contribution is 6.10. The summed E-state index contributed by atoms with van der Waals surface area (Å²) in [6.45, 7) is 4.95. The maximum absolute atomic E-state index is 14.4. The van der Waals surface area contributed by atoms with Crippen molar-refractivity contribution >= 4 is 17.5 Å². The van der Waals surface area contributed by atoms with E-state index in [9.17, 15) is 22.8 Å². The molecule has 224 valence electrons. The Morgan fingerprint density at radius 3 is 2.67 bits per heavy atom. The molecule has 1 atom stereocenters. The number of anilines is 1. The number of carbonyl (C=O) groups is 2. The van der Waals surface area contributed by atoms with Gasteiger partial charge in [0.25, 0.3) is 11.8 Å². The average molecular weight is 591 g/mol. The highest BCUT2D eigenvalue weighted by Gasteiger charge is 2.48. The van der Waals surface area contributed by atoms with E-state index in [0.717, 1.165) is 24.2 Å². The number of halogens is 3. The molecule has 6 rings (SSSR count). The second-order valence-corrected chi connectivity index (χ2v) is 12.0. The molecule has 2 aliphatic heterocycles. The minimum atomic E-state index is -4.62. The molecule has 8 nitrogen and oxygen atoms in total. The van der Waals surface area contributed by atoms with Crippen LogP contribution >= 0.6 is 0 Å². The zero-order valence-corrected chi connectivity index (χ0v) is 24.3. The molecule has 0 radical (unpaired) electrons. The molecule has 2 aromatic carbocycles. The van der Waals surface area contributed by atoms with Gasteiger partial charge in [-0.15, -0.1) is 10.2 Å². The van der Waals surface area contributed by atoms with Crippen molar-refractivity contribution in [1.82, 2.24) is 25.0 Å². The van der Waals surface area contributed by atoms with E-state index in [-0.39, 0.29) is 41.6 Å². The first-order chi connectivity index (χ1) is 20.5. The van der Waals surface area contributed by atoms with Crippen LogP contribution in [-0.2, 0) is 36.5 Å². The van der Waals surface area contributed by atoms with Crippen molar-refractivity contribution in [2.24, 2.45) is 13.0 Å². The summed E-state index contributed by atoms with van der Waals surface area (Å²) < 4.78 is 45.0. The molecule has 3 heterocycles. The molecular formula is C32H33F3N6O2. The number of hydrogen-bond donors (Lipinski definition) is 1. The van der Waals surface area contributed by atoms with E-state index < -0.39 is 17.6 Å². The first-order valence-corrected chi connectivity index (χ1v) is 14.4. The second-order valence-electron chi connectivity index (χ2n) is 12.0. The fourth-order valence-electron chi connectivity index (χ4n) is 7.07. The maximum atomic E-state index is 14.4. The van der Waals surface area contributed by atoms with Crippen molar-refractivity contribution in [1.29, 1.82) is 0 Å². The number of aryl methyl sites for hydroxylation is 1. The van der Waals surface area contributed by atoms with Crippen LogP contribution in [-0.4, -0.2) is 50.6 Å². The number of nitrogens with one attached hydrogen (secondary N) is 1. The standard InChI is InChI=1S/C32H33F3N6O2/c1-4-6-28(42)37-23-9-10-40(17-23)16-21-11-25-26(27(12-21)32(33,34)35)18-41(29(25)43)24-8-5-7-22(13-24)31(14-20(2)15-31)30-38-36-19-39(30)3/h5,7-8,11-13,19-20,23H,9-10,14-18H2,1-3H3,(H,37,42)/t20?,23-,31?/m0/s1. The van der Waals surface area contributed by atoms with Crippen LogP contribution in [0.25, 0.3) is 0 Å². The molecule has 1 saturated heterocycles. The van der Waals surface area contributed by atoms with Gasteiger partial charge >= 0.3 is 6.18 Å². The largest absolute Gasteiger partial charge is 0.416 e. The minimum Gasteiger partial charge on any atom is -0.341 e. The van der Waals surface area contributed by atoms with Gasteiger partial charge in [-0.25, -0.2) is 0 Å². The Morgan fingerprint density at radius 2 is 2.00 bits per heavy atom. The van der Waals surface area contributed by atoms with Gasteiger partial charge in [0.1, 0.15) is 12.2 Å². The van der Waals surface area contributed by atoms with Gasteiger partial charge in [0.05, 0.1) is 17.5 Å². The third-order valence-electron chi connectivity index (χ3n) is 8.90. The van der Waals surface area contributed by atoms with E-state index >= 15 is 0 Å². The number of amides is 2. The Labute approximate surface area is 248 Å². The number of benzene rings is 2. The number of rotatable bonds is 6. The van der Waals surface area contributed by atoms with E-state index in [0.29, 0.717) is 36.7 Å². The molecule has 0 bridgehead atoms. The van der Waals surface area contributed by atoms with Crippen LogP contribution in [0.3, 0.4) is 0 Å². The molecule has 11 heteroatoms. The topological polar surface area (TPSA) is 83.4 Å². The molecule has 1 N–H and O–H groups in total. The molecule has 3 aliphatic rings. The summed E-state index contributed by atoms with van der Waals surface area (Å²) in [6, 6.07) is 10.2. The first kappa shape index (κ1) is 28.9. The van der Waals surface area contributed by atoms with Crippen molar-refractivity contribution < 1.29 is 22.8 Å². The molecule has 0 spiro atoms. The fourth-order valence-corrected chi connectivity index (χ4v) is 7.07. The third kappa shape index (κ3) is 5.29.